The summed E-state index contributed by atoms with van der Waals surface area (Å²) in [5.74, 6) is 3.67. The molecule has 1 saturated heterocycles. The monoisotopic (exact) mass is 386 g/mol. The lowest BCUT2D eigenvalue weighted by atomic mass is 10.1. The lowest BCUT2D eigenvalue weighted by molar-refractivity contribution is -0.119. The van der Waals surface area contributed by atoms with Crippen LogP contribution in [0, 0.1) is 0 Å². The summed E-state index contributed by atoms with van der Waals surface area (Å²) in [6.07, 6.45) is 2.04. The molecule has 5 rings (SSSR count). The minimum absolute atomic E-state index is 0.252. The number of carbonyl (C=O) groups is 2. The Morgan fingerprint density at radius 2 is 1.79 bits per heavy atom. The molecule has 1 aromatic heterocycles. The van der Waals surface area contributed by atoms with Gasteiger partial charge in [-0.05, 0) is 40.1 Å². The van der Waals surface area contributed by atoms with Gasteiger partial charge in [-0.1, -0.05) is 64.9 Å². The van der Waals surface area contributed by atoms with Crippen LogP contribution < -0.4 is 5.32 Å². The third-order valence-corrected chi connectivity index (χ3v) is 6.90. The number of benzene rings is 3. The average molecular weight is 386 g/mol. The van der Waals surface area contributed by atoms with Crippen LogP contribution >= 0.6 is 10.5 Å². The Morgan fingerprint density at radius 3 is 2.57 bits per heavy atom. The SMILES string of the molecule is C=S1C(=O)NC(=O)C1c1cccc2c1ccn2Cc1ccc2ccccc2c1. The van der Waals surface area contributed by atoms with E-state index in [-0.39, 0.29) is 11.1 Å². The van der Waals surface area contributed by atoms with E-state index in [4.69, 9.17) is 0 Å². The molecule has 0 saturated carbocycles. The molecule has 2 heterocycles. The van der Waals surface area contributed by atoms with Crippen molar-refractivity contribution in [1.82, 2.24) is 9.88 Å². The second-order valence-electron chi connectivity index (χ2n) is 6.99. The number of rotatable bonds is 3. The highest BCUT2D eigenvalue weighted by Crippen LogP contribution is 2.42. The molecular weight excluding hydrogens is 368 g/mol. The predicted octanol–water partition coefficient (Wildman–Crippen LogP) is 4.83. The zero-order valence-electron chi connectivity index (χ0n) is 15.1. The highest BCUT2D eigenvalue weighted by atomic mass is 32.2. The van der Waals surface area contributed by atoms with Gasteiger partial charge in [-0.3, -0.25) is 14.9 Å². The molecule has 0 aliphatic carbocycles. The first-order valence-corrected chi connectivity index (χ1v) is 10.5. The fourth-order valence-electron chi connectivity index (χ4n) is 3.91. The molecule has 3 aromatic carbocycles. The van der Waals surface area contributed by atoms with Gasteiger partial charge in [0, 0.05) is 23.6 Å². The van der Waals surface area contributed by atoms with Crippen LogP contribution in [0.1, 0.15) is 16.4 Å². The van der Waals surface area contributed by atoms with Crippen molar-refractivity contribution < 1.29 is 9.59 Å². The maximum absolute atomic E-state index is 12.3. The first-order chi connectivity index (χ1) is 13.6. The van der Waals surface area contributed by atoms with E-state index in [2.05, 4.69) is 52.2 Å². The van der Waals surface area contributed by atoms with Crippen LogP contribution in [0.5, 0.6) is 0 Å². The lowest BCUT2D eigenvalue weighted by Gasteiger charge is -2.12. The number of nitrogens with one attached hydrogen (secondary N) is 1. The van der Waals surface area contributed by atoms with Crippen LogP contribution in [0.25, 0.3) is 21.7 Å². The Hall–Kier alpha value is -3.18. The third kappa shape index (κ3) is 2.67. The molecule has 0 radical (unpaired) electrons. The highest BCUT2D eigenvalue weighted by Gasteiger charge is 2.36. The fourth-order valence-corrected chi connectivity index (χ4v) is 5.19. The molecule has 138 valence electrons. The van der Waals surface area contributed by atoms with E-state index in [9.17, 15) is 9.59 Å². The summed E-state index contributed by atoms with van der Waals surface area (Å²) in [4.78, 5) is 24.2. The maximum Gasteiger partial charge on any atom is 0.280 e. The molecule has 1 fully saturated rings. The third-order valence-electron chi connectivity index (χ3n) is 5.28. The normalized spacial score (nSPS) is 19.4. The number of fused-ring (bicyclic) bond motifs is 2. The standard InChI is InChI=1S/C23H18N2O2S/c1-28-21(22(26)24-23(28)27)19-7-4-8-20-18(19)11-12-25(20)14-15-9-10-16-5-2-3-6-17(16)13-15/h2-13,21H,1,14H2,(H,24,26,27). The topological polar surface area (TPSA) is 51.1 Å². The molecule has 28 heavy (non-hydrogen) atoms. The Labute approximate surface area is 164 Å². The van der Waals surface area contributed by atoms with E-state index in [1.807, 2.05) is 36.5 Å². The van der Waals surface area contributed by atoms with Gasteiger partial charge in [0.1, 0.15) is 5.25 Å². The molecule has 1 aliphatic heterocycles. The van der Waals surface area contributed by atoms with Crippen LogP contribution in [0.15, 0.2) is 72.9 Å². The van der Waals surface area contributed by atoms with Gasteiger partial charge in [0.15, 0.2) is 0 Å². The second kappa shape index (κ2) is 6.46. The minimum Gasteiger partial charge on any atom is -0.343 e. The predicted molar refractivity (Wildman–Crippen MR) is 116 cm³/mol. The zero-order valence-corrected chi connectivity index (χ0v) is 15.9. The molecule has 1 aliphatic rings. The first-order valence-electron chi connectivity index (χ1n) is 9.05. The molecular formula is C23H18N2O2S. The van der Waals surface area contributed by atoms with Crippen molar-refractivity contribution in [2.24, 2.45) is 0 Å². The van der Waals surface area contributed by atoms with Crippen LogP contribution in [0.2, 0.25) is 0 Å². The maximum atomic E-state index is 12.3. The molecule has 2 atom stereocenters. The number of hydrogen-bond acceptors (Lipinski definition) is 2. The molecule has 4 nitrogen and oxygen atoms in total. The Balaban J connectivity index is 1.55. The van der Waals surface area contributed by atoms with Crippen molar-refractivity contribution in [3.8, 4) is 0 Å². The Bertz CT molecular complexity index is 1290. The number of nitrogens with zero attached hydrogens (tertiary/aromatic N) is 1. The van der Waals surface area contributed by atoms with E-state index in [0.717, 1.165) is 23.0 Å². The molecule has 1 N–H and O–H groups in total. The summed E-state index contributed by atoms with van der Waals surface area (Å²) in [5.41, 5.74) is 3.14. The fraction of sp³-hybridized carbons (Fsp3) is 0.0870. The van der Waals surface area contributed by atoms with Crippen molar-refractivity contribution in [1.29, 1.82) is 0 Å². The summed E-state index contributed by atoms with van der Waals surface area (Å²) in [5, 5.41) is 5.07. The minimum atomic E-state index is -0.896. The van der Waals surface area contributed by atoms with Gasteiger partial charge in [0.25, 0.3) is 5.24 Å². The molecule has 0 bridgehead atoms. The van der Waals surface area contributed by atoms with E-state index in [1.165, 1.54) is 16.3 Å². The molecule has 5 heteroatoms. The van der Waals surface area contributed by atoms with Gasteiger partial charge in [-0.15, -0.1) is 0 Å². The molecule has 2 unspecified atom stereocenters. The quantitative estimate of drug-likeness (QED) is 0.513. The first kappa shape index (κ1) is 17.0. The summed E-state index contributed by atoms with van der Waals surface area (Å²) < 4.78 is 2.18. The van der Waals surface area contributed by atoms with Gasteiger partial charge in [0.05, 0.1) is 0 Å². The Kier molecular flexibility index (Phi) is 3.91. The summed E-state index contributed by atoms with van der Waals surface area (Å²) >= 11 is 0. The van der Waals surface area contributed by atoms with Gasteiger partial charge in [0.2, 0.25) is 5.91 Å². The number of amides is 2. The van der Waals surface area contributed by atoms with Crippen molar-refractivity contribution in [3.63, 3.8) is 0 Å². The summed E-state index contributed by atoms with van der Waals surface area (Å²) in [7, 11) is -0.896. The van der Waals surface area contributed by atoms with E-state index < -0.39 is 15.7 Å². The number of hydrogen-bond donors (Lipinski definition) is 1. The van der Waals surface area contributed by atoms with E-state index >= 15 is 0 Å². The van der Waals surface area contributed by atoms with Crippen LogP contribution in [0.4, 0.5) is 4.79 Å². The van der Waals surface area contributed by atoms with Gasteiger partial charge in [-0.2, -0.15) is 0 Å². The van der Waals surface area contributed by atoms with Crippen LogP contribution in [0.3, 0.4) is 0 Å². The van der Waals surface area contributed by atoms with Crippen LogP contribution in [-0.4, -0.2) is 21.6 Å². The molecule has 0 spiro atoms. The summed E-state index contributed by atoms with van der Waals surface area (Å²) in [6.45, 7) is 0.740. The van der Waals surface area contributed by atoms with Gasteiger partial charge in [-0.25, -0.2) is 0 Å². The van der Waals surface area contributed by atoms with Crippen molar-refractivity contribution >= 4 is 49.2 Å². The Morgan fingerprint density at radius 1 is 0.964 bits per heavy atom. The highest BCUT2D eigenvalue weighted by molar-refractivity contribution is 8.28. The number of carbonyl (C=O) groups excluding carboxylic acids is 2. The van der Waals surface area contributed by atoms with Crippen molar-refractivity contribution in [2.75, 3.05) is 0 Å². The van der Waals surface area contributed by atoms with Gasteiger partial charge >= 0.3 is 0 Å². The second-order valence-corrected chi connectivity index (χ2v) is 8.69. The largest absolute Gasteiger partial charge is 0.343 e. The zero-order chi connectivity index (χ0) is 19.3. The summed E-state index contributed by atoms with van der Waals surface area (Å²) in [6, 6.07) is 22.8. The lowest BCUT2D eigenvalue weighted by Crippen LogP contribution is -2.20. The smallest absolute Gasteiger partial charge is 0.280 e. The van der Waals surface area contributed by atoms with E-state index in [1.54, 1.807) is 0 Å². The average Bonchev–Trinajstić information content (AvgIpc) is 3.22. The molecule has 2 amide bonds. The number of aromatic nitrogens is 1. The van der Waals surface area contributed by atoms with Gasteiger partial charge < -0.3 is 4.57 Å². The number of imide groups is 1. The molecule has 4 aromatic rings. The van der Waals surface area contributed by atoms with Crippen LogP contribution in [-0.2, 0) is 11.3 Å². The van der Waals surface area contributed by atoms with Crippen molar-refractivity contribution in [2.45, 2.75) is 11.8 Å². The van der Waals surface area contributed by atoms with Crippen molar-refractivity contribution in [3.05, 3.63) is 84.1 Å². The van der Waals surface area contributed by atoms with E-state index in [0.29, 0.717) is 0 Å².